The van der Waals surface area contributed by atoms with E-state index in [1.54, 1.807) is 31.4 Å². The third-order valence-corrected chi connectivity index (χ3v) is 1.99. The maximum Gasteiger partial charge on any atom is 0.425 e. The molecule has 6 heteroatoms. The lowest BCUT2D eigenvalue weighted by atomic mass is 10.1. The largest absolute Gasteiger partial charge is 0.497 e. The molecule has 0 aromatic heterocycles. The van der Waals surface area contributed by atoms with Crippen LogP contribution in [0, 0.1) is 0 Å². The van der Waals surface area contributed by atoms with Crippen molar-refractivity contribution in [2.75, 3.05) is 14.2 Å². The topological polar surface area (TPSA) is 76.7 Å². The van der Waals surface area contributed by atoms with Crippen molar-refractivity contribution < 1.29 is 19.1 Å². The minimum atomic E-state index is -0.719. The zero-order chi connectivity index (χ0) is 12.7. The van der Waals surface area contributed by atoms with Gasteiger partial charge in [-0.3, -0.25) is 10.2 Å². The Morgan fingerprint density at radius 3 is 2.65 bits per heavy atom. The van der Waals surface area contributed by atoms with Crippen LogP contribution in [0.2, 0.25) is 0 Å². The molecule has 0 aliphatic carbocycles. The standard InChI is InChI=1S/C11H14N2O4/c1-16-9-5-3-4-8(6-9)7-10(14)12-13-11(15)17-2/h3-6H,7H2,1-2H3,(H,12,14)(H,13,15). The van der Waals surface area contributed by atoms with Gasteiger partial charge in [-0.15, -0.1) is 0 Å². The summed E-state index contributed by atoms with van der Waals surface area (Å²) < 4.78 is 9.33. The first-order valence-corrected chi connectivity index (χ1v) is 4.91. The number of hydrazine groups is 1. The summed E-state index contributed by atoms with van der Waals surface area (Å²) in [5.41, 5.74) is 5.09. The van der Waals surface area contributed by atoms with E-state index in [0.29, 0.717) is 5.75 Å². The Balaban J connectivity index is 2.47. The summed E-state index contributed by atoms with van der Waals surface area (Å²) >= 11 is 0. The molecule has 0 fully saturated rings. The number of ether oxygens (including phenoxy) is 2. The van der Waals surface area contributed by atoms with Gasteiger partial charge in [-0.25, -0.2) is 10.2 Å². The molecule has 0 heterocycles. The van der Waals surface area contributed by atoms with Gasteiger partial charge in [0.05, 0.1) is 20.6 Å². The summed E-state index contributed by atoms with van der Waals surface area (Å²) in [6.45, 7) is 0. The Morgan fingerprint density at radius 2 is 2.00 bits per heavy atom. The second-order valence-electron chi connectivity index (χ2n) is 3.19. The third kappa shape index (κ3) is 4.42. The molecule has 1 aromatic carbocycles. The van der Waals surface area contributed by atoms with Crippen molar-refractivity contribution in [1.82, 2.24) is 10.9 Å². The number of amides is 2. The van der Waals surface area contributed by atoms with Gasteiger partial charge in [-0.2, -0.15) is 0 Å². The van der Waals surface area contributed by atoms with Crippen LogP contribution in [0.25, 0.3) is 0 Å². The van der Waals surface area contributed by atoms with Crippen LogP contribution in [-0.4, -0.2) is 26.2 Å². The van der Waals surface area contributed by atoms with Crippen LogP contribution >= 0.6 is 0 Å². The van der Waals surface area contributed by atoms with Crippen LogP contribution < -0.4 is 15.6 Å². The van der Waals surface area contributed by atoms with E-state index < -0.39 is 6.09 Å². The molecule has 1 aromatic rings. The summed E-state index contributed by atoms with van der Waals surface area (Å²) in [4.78, 5) is 22.1. The maximum atomic E-state index is 11.4. The average molecular weight is 238 g/mol. The van der Waals surface area contributed by atoms with Crippen LogP contribution in [0.3, 0.4) is 0 Å². The number of nitrogens with one attached hydrogen (secondary N) is 2. The summed E-state index contributed by atoms with van der Waals surface area (Å²) in [7, 11) is 2.77. The predicted molar refractivity (Wildman–Crippen MR) is 60.4 cm³/mol. The molecule has 0 saturated carbocycles. The van der Waals surface area contributed by atoms with Gasteiger partial charge in [0.15, 0.2) is 0 Å². The molecule has 0 bridgehead atoms. The van der Waals surface area contributed by atoms with Crippen LogP contribution in [-0.2, 0) is 16.0 Å². The van der Waals surface area contributed by atoms with Crippen molar-refractivity contribution in [3.05, 3.63) is 29.8 Å². The summed E-state index contributed by atoms with van der Waals surface area (Å²) in [5.74, 6) is 0.333. The average Bonchev–Trinajstić information content (AvgIpc) is 2.36. The Hall–Kier alpha value is -2.24. The normalized spacial score (nSPS) is 9.29. The van der Waals surface area contributed by atoms with E-state index >= 15 is 0 Å². The highest BCUT2D eigenvalue weighted by Gasteiger charge is 2.05. The highest BCUT2D eigenvalue weighted by atomic mass is 16.5. The third-order valence-electron chi connectivity index (χ3n) is 1.99. The fourth-order valence-electron chi connectivity index (χ4n) is 1.18. The number of methoxy groups -OCH3 is 2. The number of rotatable bonds is 3. The van der Waals surface area contributed by atoms with E-state index in [1.165, 1.54) is 7.11 Å². The molecular weight excluding hydrogens is 224 g/mol. The van der Waals surface area contributed by atoms with Crippen LogP contribution in [0.15, 0.2) is 24.3 Å². The van der Waals surface area contributed by atoms with Gasteiger partial charge in [-0.05, 0) is 17.7 Å². The lowest BCUT2D eigenvalue weighted by Gasteiger charge is -2.06. The SMILES string of the molecule is COC(=O)NNC(=O)Cc1cccc(OC)c1. The molecule has 0 aliphatic rings. The smallest absolute Gasteiger partial charge is 0.425 e. The van der Waals surface area contributed by atoms with Crippen molar-refractivity contribution >= 4 is 12.0 Å². The first kappa shape index (κ1) is 12.8. The molecule has 1 rings (SSSR count). The summed E-state index contributed by atoms with van der Waals surface area (Å²) in [6, 6.07) is 7.11. The van der Waals surface area contributed by atoms with Crippen LogP contribution in [0.4, 0.5) is 4.79 Å². The van der Waals surface area contributed by atoms with Crippen LogP contribution in [0.5, 0.6) is 5.75 Å². The summed E-state index contributed by atoms with van der Waals surface area (Å²) in [6.07, 6.45) is -0.578. The number of hydrogen-bond donors (Lipinski definition) is 2. The summed E-state index contributed by atoms with van der Waals surface area (Å²) in [5, 5.41) is 0. The molecule has 17 heavy (non-hydrogen) atoms. The molecule has 6 nitrogen and oxygen atoms in total. The number of carbonyl (C=O) groups is 2. The van der Waals surface area contributed by atoms with E-state index in [4.69, 9.17) is 4.74 Å². The lowest BCUT2D eigenvalue weighted by Crippen LogP contribution is -2.42. The zero-order valence-electron chi connectivity index (χ0n) is 9.65. The lowest BCUT2D eigenvalue weighted by molar-refractivity contribution is -0.121. The van der Waals surface area contributed by atoms with Crippen molar-refractivity contribution in [1.29, 1.82) is 0 Å². The zero-order valence-corrected chi connectivity index (χ0v) is 9.65. The molecule has 92 valence electrons. The Morgan fingerprint density at radius 1 is 1.24 bits per heavy atom. The number of benzene rings is 1. The molecule has 0 unspecified atom stereocenters. The molecule has 0 saturated heterocycles. The number of carbonyl (C=O) groups excluding carboxylic acids is 2. The van der Waals surface area contributed by atoms with Gasteiger partial charge < -0.3 is 9.47 Å². The monoisotopic (exact) mass is 238 g/mol. The van der Waals surface area contributed by atoms with Crippen molar-refractivity contribution in [3.8, 4) is 5.75 Å². The first-order valence-electron chi connectivity index (χ1n) is 4.91. The van der Waals surface area contributed by atoms with Gasteiger partial charge in [0, 0.05) is 0 Å². The second kappa shape index (κ2) is 6.37. The fourth-order valence-corrected chi connectivity index (χ4v) is 1.18. The molecule has 2 amide bonds. The molecule has 0 aliphatic heterocycles. The first-order chi connectivity index (χ1) is 8.15. The Bertz CT molecular complexity index is 406. The second-order valence-corrected chi connectivity index (χ2v) is 3.19. The van der Waals surface area contributed by atoms with Gasteiger partial charge in [-0.1, -0.05) is 12.1 Å². The highest BCUT2D eigenvalue weighted by molar-refractivity contribution is 5.81. The Labute approximate surface area is 98.9 Å². The highest BCUT2D eigenvalue weighted by Crippen LogP contribution is 2.12. The van der Waals surface area contributed by atoms with Gasteiger partial charge in [0.2, 0.25) is 5.91 Å². The number of hydrogen-bond acceptors (Lipinski definition) is 4. The molecule has 0 atom stereocenters. The van der Waals surface area contributed by atoms with Crippen LogP contribution in [0.1, 0.15) is 5.56 Å². The molecular formula is C11H14N2O4. The van der Waals surface area contributed by atoms with E-state index in [-0.39, 0.29) is 12.3 Å². The molecule has 2 N–H and O–H groups in total. The predicted octanol–water partition coefficient (Wildman–Crippen LogP) is 0.625. The van der Waals surface area contributed by atoms with Gasteiger partial charge in [0.25, 0.3) is 0 Å². The van der Waals surface area contributed by atoms with Crippen molar-refractivity contribution in [3.63, 3.8) is 0 Å². The minimum Gasteiger partial charge on any atom is -0.497 e. The minimum absolute atomic E-state index is 0.140. The van der Waals surface area contributed by atoms with Gasteiger partial charge >= 0.3 is 6.09 Å². The van der Waals surface area contributed by atoms with Gasteiger partial charge in [0.1, 0.15) is 5.75 Å². The molecule has 0 spiro atoms. The van der Waals surface area contributed by atoms with E-state index in [1.807, 2.05) is 0 Å². The quantitative estimate of drug-likeness (QED) is 0.757. The van der Waals surface area contributed by atoms with E-state index in [9.17, 15) is 9.59 Å². The molecule has 0 radical (unpaired) electrons. The van der Waals surface area contributed by atoms with E-state index in [2.05, 4.69) is 15.6 Å². The maximum absolute atomic E-state index is 11.4. The van der Waals surface area contributed by atoms with Crippen molar-refractivity contribution in [2.45, 2.75) is 6.42 Å². The van der Waals surface area contributed by atoms with Crippen molar-refractivity contribution in [2.24, 2.45) is 0 Å². The van der Waals surface area contributed by atoms with E-state index in [0.717, 1.165) is 5.56 Å². The fraction of sp³-hybridized carbons (Fsp3) is 0.273. The Kier molecular flexibility index (Phi) is 4.80.